The van der Waals surface area contributed by atoms with Crippen LogP contribution in [-0.4, -0.2) is 122 Å². The molecule has 0 fully saturated rings. The van der Waals surface area contributed by atoms with Crippen LogP contribution in [0.3, 0.4) is 0 Å². The average molecular weight is 1100 g/mol. The number of nitrogens with one attached hydrogen (secondary N) is 2. The Kier molecular flexibility index (Phi) is 19.1. The summed E-state index contributed by atoms with van der Waals surface area (Å²) in [4.78, 5) is 49.4. The van der Waals surface area contributed by atoms with E-state index in [9.17, 15) is 45.1 Å². The number of aryl methyl sites for hydroxylation is 2. The molecule has 7 aromatic rings. The van der Waals surface area contributed by atoms with E-state index in [1.54, 1.807) is 42.9 Å². The number of aromatic nitrogens is 7. The fourth-order valence-electron chi connectivity index (χ4n) is 7.20. The van der Waals surface area contributed by atoms with E-state index in [-0.39, 0.29) is 34.7 Å². The summed E-state index contributed by atoms with van der Waals surface area (Å²) in [7, 11) is 3.87. The van der Waals surface area contributed by atoms with Gasteiger partial charge in [-0.05, 0) is 59.4 Å². The van der Waals surface area contributed by atoms with Gasteiger partial charge in [-0.25, -0.2) is 22.9 Å². The molecule has 0 radical (unpaired) electrons. The second kappa shape index (κ2) is 24.8. The fraction of sp³-hybridized carbons (Fsp3) is 0.275. The lowest BCUT2D eigenvalue weighted by molar-refractivity contribution is -0.613. The van der Waals surface area contributed by atoms with Gasteiger partial charge in [-0.2, -0.15) is 27.0 Å². The smallest absolute Gasteiger partial charge is 0.388 e. The predicted molar refractivity (Wildman–Crippen MR) is 285 cm³/mol. The van der Waals surface area contributed by atoms with Crippen LogP contribution in [-0.2, 0) is 34.1 Å². The highest BCUT2D eigenvalue weighted by atomic mass is 32.2. The first kappa shape index (κ1) is 59.2. The van der Waals surface area contributed by atoms with E-state index < -0.39 is 59.8 Å². The molecule has 0 spiro atoms. The average Bonchev–Trinajstić information content (AvgIpc) is 3.98. The quantitative estimate of drug-likeness (QED) is 0.0630. The molecule has 0 aliphatic carbocycles. The van der Waals surface area contributed by atoms with Crippen molar-refractivity contribution in [1.29, 1.82) is 0 Å². The largest absolute Gasteiger partial charge is 0.806 e. The van der Waals surface area contributed by atoms with Crippen molar-refractivity contribution >= 4 is 61.0 Å². The van der Waals surface area contributed by atoms with Gasteiger partial charge < -0.3 is 30.9 Å². The van der Waals surface area contributed by atoms with Gasteiger partial charge in [0.15, 0.2) is 5.03 Å². The van der Waals surface area contributed by atoms with E-state index in [0.717, 1.165) is 42.9 Å². The summed E-state index contributed by atoms with van der Waals surface area (Å²) in [6.07, 6.45) is 9.26. The fourth-order valence-corrected chi connectivity index (χ4v) is 8.98. The molecule has 7 rings (SSSR count). The highest BCUT2D eigenvalue weighted by molar-refractivity contribution is 7.90. The minimum Gasteiger partial charge on any atom is -0.806 e. The summed E-state index contributed by atoms with van der Waals surface area (Å²) in [5.41, 5.74) is 11.7. The Balaban J connectivity index is 0.000000225. The van der Waals surface area contributed by atoms with Crippen LogP contribution in [0, 0.1) is 11.6 Å². The predicted octanol–water partition coefficient (Wildman–Crippen LogP) is 4.98. The SMILES string of the molecule is CC(C)c1cc(F)cc(-c2cccnc2)c1N.CC(C)c1cc(F)cc(-c2cccnc2)c1NC(=O)NS(=O)(=O)c1cc(C(=O)N(C)C)n(C)n1.CN(C)C(=O)c1cc(S(=O)(=O)N=C([O-])[n+]2ccc(N(C)C)cc2)nn1C. The van der Waals surface area contributed by atoms with Crippen molar-refractivity contribution in [1.82, 2.24) is 44.1 Å². The van der Waals surface area contributed by atoms with Crippen molar-refractivity contribution in [3.8, 4) is 22.3 Å². The molecular formula is C51H60F2N14O8S2. The normalized spacial score (nSPS) is 11.5. The maximum absolute atomic E-state index is 14.4. The van der Waals surface area contributed by atoms with E-state index in [0.29, 0.717) is 27.9 Å². The number of nitrogens with zero attached hydrogens (tertiary/aromatic N) is 11. The zero-order valence-corrected chi connectivity index (χ0v) is 46.0. The second-order valence-electron chi connectivity index (χ2n) is 18.3. The van der Waals surface area contributed by atoms with Crippen molar-refractivity contribution in [3.05, 3.63) is 144 Å². The zero-order chi connectivity index (χ0) is 57.3. The van der Waals surface area contributed by atoms with Crippen molar-refractivity contribution in [3.63, 3.8) is 0 Å². The van der Waals surface area contributed by atoms with Crippen molar-refractivity contribution < 1.29 is 49.7 Å². The number of sulfonamides is 2. The van der Waals surface area contributed by atoms with Gasteiger partial charge in [-0.15, -0.1) is 0 Å². The summed E-state index contributed by atoms with van der Waals surface area (Å²) in [6, 6.07) is 16.0. The number of carbonyl (C=O) groups excluding carboxylic acids is 3. The summed E-state index contributed by atoms with van der Waals surface area (Å²) in [5.74, 6) is -1.62. The molecule has 77 heavy (non-hydrogen) atoms. The van der Waals surface area contributed by atoms with Crippen LogP contribution in [0.2, 0.25) is 0 Å². The van der Waals surface area contributed by atoms with Crippen molar-refractivity contribution in [2.75, 3.05) is 58.2 Å². The first-order valence-electron chi connectivity index (χ1n) is 23.3. The summed E-state index contributed by atoms with van der Waals surface area (Å²) >= 11 is 0. The molecule has 4 N–H and O–H groups in total. The lowest BCUT2D eigenvalue weighted by Gasteiger charge is -2.19. The van der Waals surface area contributed by atoms with Gasteiger partial charge in [0.2, 0.25) is 5.03 Å². The van der Waals surface area contributed by atoms with Crippen molar-refractivity contribution in [2.45, 2.75) is 49.6 Å². The molecule has 0 bridgehead atoms. The number of carbonyl (C=O) groups is 3. The third-order valence-electron chi connectivity index (χ3n) is 11.2. The van der Waals surface area contributed by atoms with Crippen LogP contribution in [0.5, 0.6) is 0 Å². The molecule has 0 aliphatic rings. The molecular weight excluding hydrogens is 1040 g/mol. The maximum Gasteiger partial charge on any atom is 0.388 e. The molecule has 0 unspecified atom stereocenters. The third kappa shape index (κ3) is 14.8. The summed E-state index contributed by atoms with van der Waals surface area (Å²) < 4.78 is 86.6. The molecule has 2 aromatic carbocycles. The molecule has 22 nitrogen and oxygen atoms in total. The van der Waals surface area contributed by atoms with E-state index in [4.69, 9.17) is 5.73 Å². The Bertz CT molecular complexity index is 3520. The highest BCUT2D eigenvalue weighted by Crippen LogP contribution is 2.36. The minimum absolute atomic E-state index is 0.0327. The molecule has 4 amide bonds. The number of urea groups is 1. The van der Waals surface area contributed by atoms with Crippen molar-refractivity contribution in [2.24, 2.45) is 18.5 Å². The molecule has 0 atom stereocenters. The number of nitrogens with two attached hydrogens (primary N) is 1. The lowest BCUT2D eigenvalue weighted by Crippen LogP contribution is -2.51. The van der Waals surface area contributed by atoms with Crippen LogP contribution in [0.4, 0.5) is 30.6 Å². The van der Waals surface area contributed by atoms with Crippen LogP contribution in [0.1, 0.15) is 71.6 Å². The standard InChI is InChI=1S/C22H25FN6O4S.C15H20N6O4S.C14H15FN2/c1-13(2)16-9-15(23)10-17(14-7-6-8-24-12-14)20(16)25-22(31)27-34(32,33)19-11-18(29(5)26-19)21(30)28(3)4;1-18(2)11-6-8-21(9-7-11)15(23)17-26(24,25)13-10-12(20(5)16-13)14(22)19(3)4;1-9(2)12-6-11(15)7-13(14(12)16)10-4-3-5-17-8-10/h6-13H,1-5H3,(H2,25,27,31);6-10H,1-5H3;3-9H,16H2,1-2H3. The Labute approximate surface area is 445 Å². The Morgan fingerprint density at radius 3 is 1.64 bits per heavy atom. The molecule has 0 saturated carbocycles. The Morgan fingerprint density at radius 2 is 1.17 bits per heavy atom. The number of pyridine rings is 3. The number of halogens is 2. The molecule has 0 aliphatic heterocycles. The number of nitrogen functional groups attached to an aromatic ring is 1. The lowest BCUT2D eigenvalue weighted by atomic mass is 9.94. The van der Waals surface area contributed by atoms with Gasteiger partial charge in [0.25, 0.3) is 27.9 Å². The number of rotatable bonds is 12. The van der Waals surface area contributed by atoms with Crippen LogP contribution >= 0.6 is 0 Å². The van der Waals surface area contributed by atoms with Gasteiger partial charge in [-0.1, -0.05) is 39.8 Å². The topological polar surface area (TPSA) is 280 Å². The minimum atomic E-state index is -4.41. The first-order valence-corrected chi connectivity index (χ1v) is 26.2. The zero-order valence-electron chi connectivity index (χ0n) is 44.4. The monoisotopic (exact) mass is 1100 g/mol. The Hall–Kier alpha value is -8.65. The molecule has 5 heterocycles. The number of benzene rings is 2. The van der Waals surface area contributed by atoms with Crippen LogP contribution in [0.25, 0.3) is 22.3 Å². The number of anilines is 3. The van der Waals surface area contributed by atoms with Gasteiger partial charge in [-0.3, -0.25) is 28.9 Å². The molecule has 0 saturated heterocycles. The van der Waals surface area contributed by atoms with E-state index in [2.05, 4.69) is 29.9 Å². The molecule has 5 aromatic heterocycles. The van der Waals surface area contributed by atoms with Gasteiger partial charge in [0, 0.05) is 143 Å². The van der Waals surface area contributed by atoms with Crippen LogP contribution in [0.15, 0.2) is 124 Å². The molecule has 408 valence electrons. The maximum atomic E-state index is 14.4. The third-order valence-corrected chi connectivity index (χ3v) is 13.5. The summed E-state index contributed by atoms with van der Waals surface area (Å²) in [6.45, 7) is 7.63. The van der Waals surface area contributed by atoms with Crippen LogP contribution < -0.4 is 30.3 Å². The number of hydrogen-bond acceptors (Lipinski definition) is 14. The van der Waals surface area contributed by atoms with Gasteiger partial charge in [0.05, 0.1) is 18.1 Å². The van der Waals surface area contributed by atoms with Gasteiger partial charge >= 0.3 is 16.1 Å². The number of hydrogen-bond donors (Lipinski definition) is 3. The van der Waals surface area contributed by atoms with E-state index >= 15 is 0 Å². The number of amides is 4. The van der Waals surface area contributed by atoms with Gasteiger partial charge in [0.1, 0.15) is 23.0 Å². The second-order valence-corrected chi connectivity index (χ2v) is 21.5. The Morgan fingerprint density at radius 1 is 0.701 bits per heavy atom. The molecule has 26 heteroatoms. The highest BCUT2D eigenvalue weighted by Gasteiger charge is 2.29. The summed E-state index contributed by atoms with van der Waals surface area (Å²) in [5, 5.41) is 21.4. The first-order chi connectivity index (χ1) is 36.0. The van der Waals surface area contributed by atoms with E-state index in [1.807, 2.05) is 63.5 Å². The van der Waals surface area contributed by atoms with E-state index in [1.165, 1.54) is 94.9 Å².